The topological polar surface area (TPSA) is 131 Å². The average molecular weight is 527 g/mol. The molecule has 11 nitrogen and oxygen atoms in total. The predicted octanol–water partition coefficient (Wildman–Crippen LogP) is 3.74. The summed E-state index contributed by atoms with van der Waals surface area (Å²) >= 11 is 0. The summed E-state index contributed by atoms with van der Waals surface area (Å²) in [5.74, 6) is 1.09. The Bertz CT molecular complexity index is 1570. The summed E-state index contributed by atoms with van der Waals surface area (Å²) in [7, 11) is 0.670. The maximum Gasteiger partial charge on any atom is 0.265 e. The molecular weight excluding hydrogens is 500 g/mol. The highest BCUT2D eigenvalue weighted by Crippen LogP contribution is 2.36. The van der Waals surface area contributed by atoms with Crippen molar-refractivity contribution >= 4 is 32.6 Å². The Kier molecular flexibility index (Phi) is 7.32. The van der Waals surface area contributed by atoms with E-state index in [1.54, 1.807) is 63.8 Å². The fourth-order valence-corrected chi connectivity index (χ4v) is 4.29. The Morgan fingerprint density at radius 3 is 2.43 bits per heavy atom. The second-order valence-corrected chi connectivity index (χ2v) is 9.77. The number of nitrogens with zero attached hydrogens (tertiary/aromatic N) is 3. The van der Waals surface area contributed by atoms with E-state index in [1.807, 2.05) is 6.07 Å². The molecule has 0 aliphatic heterocycles. The van der Waals surface area contributed by atoms with Crippen molar-refractivity contribution < 1.29 is 31.6 Å². The van der Waals surface area contributed by atoms with Crippen LogP contribution in [0.4, 0.5) is 5.69 Å². The Morgan fingerprint density at radius 1 is 1.03 bits per heavy atom. The van der Waals surface area contributed by atoms with E-state index in [0.29, 0.717) is 34.1 Å². The van der Waals surface area contributed by atoms with Crippen molar-refractivity contribution in [1.82, 2.24) is 14.8 Å². The van der Waals surface area contributed by atoms with Crippen LogP contribution < -0.4 is 19.5 Å². The van der Waals surface area contributed by atoms with Gasteiger partial charge in [-0.3, -0.25) is 18.6 Å². The van der Waals surface area contributed by atoms with Crippen LogP contribution in [0.2, 0.25) is 0 Å². The lowest BCUT2D eigenvalue weighted by Gasteiger charge is -2.19. The maximum absolute atomic E-state index is 13.2. The molecule has 4 aromatic rings. The molecule has 0 fully saturated rings. The first-order chi connectivity index (χ1) is 17.6. The van der Waals surface area contributed by atoms with Crippen LogP contribution in [0.1, 0.15) is 17.4 Å². The number of nitrogens with one attached hydrogen (secondary N) is 1. The lowest BCUT2D eigenvalue weighted by Crippen LogP contribution is -2.26. The van der Waals surface area contributed by atoms with Crippen LogP contribution in [-0.4, -0.2) is 49.6 Å². The monoisotopic (exact) mass is 526 g/mol. The third-order valence-corrected chi connectivity index (χ3v) is 5.95. The molecule has 194 valence electrons. The molecule has 4 rings (SSSR count). The minimum atomic E-state index is -4.01. The number of rotatable bonds is 9. The smallest absolute Gasteiger partial charge is 0.265 e. The number of hydrogen-bond acceptors (Lipinski definition) is 9. The summed E-state index contributed by atoms with van der Waals surface area (Å²) in [6.45, 7) is 1.72. The van der Waals surface area contributed by atoms with Gasteiger partial charge in [0.1, 0.15) is 23.0 Å². The molecule has 0 saturated carbocycles. The molecule has 2 heterocycles. The van der Waals surface area contributed by atoms with Crippen LogP contribution >= 0.6 is 0 Å². The third kappa shape index (κ3) is 5.98. The van der Waals surface area contributed by atoms with E-state index < -0.39 is 22.1 Å². The van der Waals surface area contributed by atoms with Crippen molar-refractivity contribution in [3.63, 3.8) is 0 Å². The standard InChI is InChI=1S/C25H26N4O7S/c1-15-21(14-29(2)28-15)27-25(30)24(36-37(5,31)32)19-9-7-17(13-23(19)34-4)35-22-10-11-26-20-12-16(33-3)6-8-18(20)22/h6-14,24H,1-5H3,(H,27,30). The van der Waals surface area contributed by atoms with Gasteiger partial charge in [0.15, 0.2) is 6.10 Å². The second kappa shape index (κ2) is 10.4. The second-order valence-electron chi connectivity index (χ2n) is 8.17. The van der Waals surface area contributed by atoms with Crippen LogP contribution in [0.25, 0.3) is 10.9 Å². The van der Waals surface area contributed by atoms with Gasteiger partial charge in [0, 0.05) is 42.5 Å². The van der Waals surface area contributed by atoms with Gasteiger partial charge in [0.05, 0.1) is 37.4 Å². The molecule has 37 heavy (non-hydrogen) atoms. The molecule has 1 unspecified atom stereocenters. The number of aryl methyl sites for hydroxylation is 2. The highest BCUT2D eigenvalue weighted by Gasteiger charge is 2.30. The van der Waals surface area contributed by atoms with Gasteiger partial charge in [-0.15, -0.1) is 0 Å². The maximum atomic E-state index is 13.2. The number of fused-ring (bicyclic) bond motifs is 1. The van der Waals surface area contributed by atoms with E-state index >= 15 is 0 Å². The first-order valence-corrected chi connectivity index (χ1v) is 12.9. The van der Waals surface area contributed by atoms with E-state index in [2.05, 4.69) is 15.4 Å². The van der Waals surface area contributed by atoms with Crippen molar-refractivity contribution in [3.8, 4) is 23.0 Å². The van der Waals surface area contributed by atoms with Crippen molar-refractivity contribution in [2.75, 3.05) is 25.8 Å². The van der Waals surface area contributed by atoms with Gasteiger partial charge in [-0.25, -0.2) is 0 Å². The molecule has 1 N–H and O–H groups in total. The number of ether oxygens (including phenoxy) is 3. The molecule has 0 aliphatic carbocycles. The van der Waals surface area contributed by atoms with Crippen molar-refractivity contribution in [2.45, 2.75) is 13.0 Å². The first-order valence-electron chi connectivity index (χ1n) is 11.1. The van der Waals surface area contributed by atoms with Gasteiger partial charge < -0.3 is 19.5 Å². The Morgan fingerprint density at radius 2 is 1.78 bits per heavy atom. The lowest BCUT2D eigenvalue weighted by atomic mass is 10.1. The van der Waals surface area contributed by atoms with Crippen molar-refractivity contribution in [3.05, 3.63) is 66.1 Å². The molecule has 2 aromatic heterocycles. The van der Waals surface area contributed by atoms with E-state index in [1.165, 1.54) is 17.9 Å². The predicted molar refractivity (Wildman–Crippen MR) is 137 cm³/mol. The fourth-order valence-electron chi connectivity index (χ4n) is 3.75. The van der Waals surface area contributed by atoms with Gasteiger partial charge in [-0.05, 0) is 37.3 Å². The summed E-state index contributed by atoms with van der Waals surface area (Å²) in [4.78, 5) is 17.5. The zero-order valence-electron chi connectivity index (χ0n) is 20.9. The molecule has 0 saturated heterocycles. The number of pyridine rings is 1. The number of benzene rings is 2. The minimum absolute atomic E-state index is 0.198. The van der Waals surface area contributed by atoms with Gasteiger partial charge in [-0.1, -0.05) is 0 Å². The average Bonchev–Trinajstić information content (AvgIpc) is 3.17. The van der Waals surface area contributed by atoms with E-state index in [9.17, 15) is 13.2 Å². The molecular formula is C25H26N4O7S. The molecule has 1 atom stereocenters. The Labute approximate surface area is 214 Å². The molecule has 2 aromatic carbocycles. The number of aromatic nitrogens is 3. The molecule has 1 amide bonds. The minimum Gasteiger partial charge on any atom is -0.497 e. The van der Waals surface area contributed by atoms with Crippen molar-refractivity contribution in [2.24, 2.45) is 7.05 Å². The highest BCUT2D eigenvalue weighted by molar-refractivity contribution is 7.86. The number of hydrogen-bond donors (Lipinski definition) is 1. The summed E-state index contributed by atoms with van der Waals surface area (Å²) in [5.41, 5.74) is 1.87. The molecule has 0 aliphatic rings. The van der Waals surface area contributed by atoms with Crippen molar-refractivity contribution in [1.29, 1.82) is 0 Å². The van der Waals surface area contributed by atoms with Crippen LogP contribution in [0, 0.1) is 6.92 Å². The zero-order chi connectivity index (χ0) is 26.7. The Hall–Kier alpha value is -4.16. The summed E-state index contributed by atoms with van der Waals surface area (Å²) < 4.78 is 47.6. The first kappa shape index (κ1) is 25.9. The zero-order valence-corrected chi connectivity index (χ0v) is 21.7. The number of amides is 1. The third-order valence-electron chi connectivity index (χ3n) is 5.41. The molecule has 0 spiro atoms. The van der Waals surface area contributed by atoms with Crippen LogP contribution in [0.15, 0.2) is 54.9 Å². The van der Waals surface area contributed by atoms with Gasteiger partial charge >= 0.3 is 0 Å². The normalized spacial score (nSPS) is 12.2. The summed E-state index contributed by atoms with van der Waals surface area (Å²) in [6.07, 6.45) is 2.57. The summed E-state index contributed by atoms with van der Waals surface area (Å²) in [5, 5.41) is 7.61. The Balaban J connectivity index is 1.67. The van der Waals surface area contributed by atoms with E-state index in [0.717, 1.165) is 11.6 Å². The van der Waals surface area contributed by atoms with E-state index in [-0.39, 0.29) is 11.3 Å². The number of anilines is 1. The fraction of sp³-hybridized carbons (Fsp3) is 0.240. The molecule has 12 heteroatoms. The van der Waals surface area contributed by atoms with E-state index in [4.69, 9.17) is 18.4 Å². The largest absolute Gasteiger partial charge is 0.497 e. The van der Waals surface area contributed by atoms with Crippen LogP contribution in [-0.2, 0) is 26.1 Å². The SMILES string of the molecule is COc1ccc2c(Oc3ccc(C(OS(C)(=O)=O)C(=O)Nc4cn(C)nc4C)c(OC)c3)ccnc2c1. The quantitative estimate of drug-likeness (QED) is 0.324. The highest BCUT2D eigenvalue weighted by atomic mass is 32.2. The lowest BCUT2D eigenvalue weighted by molar-refractivity contribution is -0.122. The van der Waals surface area contributed by atoms with Crippen LogP contribution in [0.3, 0.4) is 0 Å². The number of carbonyl (C=O) groups excluding carboxylic acids is 1. The number of carbonyl (C=O) groups is 1. The van der Waals surface area contributed by atoms with Crippen LogP contribution in [0.5, 0.6) is 23.0 Å². The number of methoxy groups -OCH3 is 2. The molecule has 0 bridgehead atoms. The van der Waals surface area contributed by atoms with Gasteiger partial charge in [-0.2, -0.15) is 13.5 Å². The molecule has 0 radical (unpaired) electrons. The van der Waals surface area contributed by atoms with Gasteiger partial charge in [0.25, 0.3) is 16.0 Å². The van der Waals surface area contributed by atoms with Gasteiger partial charge in [0.2, 0.25) is 0 Å². The summed E-state index contributed by atoms with van der Waals surface area (Å²) in [6, 6.07) is 11.8.